The number of phenols is 1. The predicted molar refractivity (Wildman–Crippen MR) is 102 cm³/mol. The summed E-state index contributed by atoms with van der Waals surface area (Å²) in [5.74, 6) is 0.0637. The molecule has 2 aromatic carbocycles. The van der Waals surface area contributed by atoms with Crippen LogP contribution in [0.25, 0.3) is 6.08 Å². The monoisotopic (exact) mass is 374 g/mol. The number of para-hydroxylation sites is 1. The molecule has 1 aliphatic heterocycles. The summed E-state index contributed by atoms with van der Waals surface area (Å²) >= 11 is 7.20. The molecule has 2 aromatic rings. The molecular formula is C18H15ClN2O3S. The van der Waals surface area contributed by atoms with Gasteiger partial charge in [-0.1, -0.05) is 29.8 Å². The van der Waals surface area contributed by atoms with E-state index < -0.39 is 0 Å². The maximum absolute atomic E-state index is 12.2. The molecule has 0 aliphatic carbocycles. The average molecular weight is 375 g/mol. The number of rotatable bonds is 3. The lowest BCUT2D eigenvalue weighted by atomic mass is 10.1. The summed E-state index contributed by atoms with van der Waals surface area (Å²) in [5.41, 5.74) is 2.15. The first-order valence-electron chi connectivity index (χ1n) is 7.39. The van der Waals surface area contributed by atoms with Gasteiger partial charge in [0.25, 0.3) is 5.91 Å². The number of nitrogens with one attached hydrogen (secondary N) is 1. The van der Waals surface area contributed by atoms with E-state index in [-0.39, 0.29) is 11.7 Å². The van der Waals surface area contributed by atoms with E-state index in [1.165, 1.54) is 18.9 Å². The summed E-state index contributed by atoms with van der Waals surface area (Å²) in [6, 6.07) is 10.5. The van der Waals surface area contributed by atoms with E-state index in [0.717, 1.165) is 5.56 Å². The van der Waals surface area contributed by atoms with Crippen LogP contribution >= 0.6 is 23.4 Å². The summed E-state index contributed by atoms with van der Waals surface area (Å²) < 4.78 is 5.08. The second-order valence-electron chi connectivity index (χ2n) is 5.31. The highest BCUT2D eigenvalue weighted by Gasteiger charge is 2.24. The first-order valence-corrected chi connectivity index (χ1v) is 8.59. The van der Waals surface area contributed by atoms with Gasteiger partial charge in [-0.2, -0.15) is 0 Å². The molecule has 7 heteroatoms. The van der Waals surface area contributed by atoms with Crippen LogP contribution in [0, 0.1) is 6.92 Å². The summed E-state index contributed by atoms with van der Waals surface area (Å²) in [5, 5.41) is 13.9. The summed E-state index contributed by atoms with van der Waals surface area (Å²) in [7, 11) is 1.47. The van der Waals surface area contributed by atoms with Crippen molar-refractivity contribution in [2.75, 3.05) is 7.11 Å². The van der Waals surface area contributed by atoms with Gasteiger partial charge in [-0.05, 0) is 48.5 Å². The fourth-order valence-electron chi connectivity index (χ4n) is 2.25. The molecule has 3 rings (SSSR count). The Morgan fingerprint density at radius 3 is 2.88 bits per heavy atom. The molecule has 1 fully saturated rings. The zero-order chi connectivity index (χ0) is 18.0. The standard InChI is InChI=1S/C18H15ClN2O3S/c1-10-6-7-12(19)9-13(10)20-18-21-17(23)15(25-18)8-11-4-3-5-14(24-2)16(11)22/h3-9,22H,1-2H3,(H,20,21,23). The average Bonchev–Trinajstić information content (AvgIpc) is 2.92. The van der Waals surface area contributed by atoms with Gasteiger partial charge in [0.05, 0.1) is 17.7 Å². The first-order chi connectivity index (χ1) is 12.0. The predicted octanol–water partition coefficient (Wildman–Crippen LogP) is 4.25. The largest absolute Gasteiger partial charge is 0.504 e. The van der Waals surface area contributed by atoms with E-state index in [2.05, 4.69) is 10.3 Å². The number of aromatic hydroxyl groups is 1. The van der Waals surface area contributed by atoms with E-state index in [0.29, 0.717) is 32.1 Å². The van der Waals surface area contributed by atoms with Crippen LogP contribution in [-0.2, 0) is 4.79 Å². The molecule has 1 aliphatic rings. The number of nitrogens with zero attached hydrogens (tertiary/aromatic N) is 1. The molecule has 0 radical (unpaired) electrons. The van der Waals surface area contributed by atoms with Gasteiger partial charge in [0.1, 0.15) is 0 Å². The van der Waals surface area contributed by atoms with Gasteiger partial charge in [-0.15, -0.1) is 0 Å². The summed E-state index contributed by atoms with van der Waals surface area (Å²) in [6.45, 7) is 1.92. The molecule has 25 heavy (non-hydrogen) atoms. The SMILES string of the molecule is COc1cccc(C=C2SC(=Nc3cc(Cl)ccc3C)NC2=O)c1O. The smallest absolute Gasteiger partial charge is 0.264 e. The second kappa shape index (κ2) is 7.21. The van der Waals surface area contributed by atoms with Gasteiger partial charge in [-0.3, -0.25) is 4.79 Å². The number of aliphatic imine (C=N–C) groups is 1. The van der Waals surface area contributed by atoms with Crippen LogP contribution in [0.3, 0.4) is 0 Å². The highest BCUT2D eigenvalue weighted by atomic mass is 35.5. The Hall–Kier alpha value is -2.44. The zero-order valence-electron chi connectivity index (χ0n) is 13.5. The van der Waals surface area contributed by atoms with E-state index in [1.54, 1.807) is 36.4 Å². The molecule has 0 unspecified atom stereocenters. The second-order valence-corrected chi connectivity index (χ2v) is 6.78. The highest BCUT2D eigenvalue weighted by molar-refractivity contribution is 8.18. The molecule has 1 amide bonds. The normalized spacial score (nSPS) is 17.2. The number of amides is 1. The number of aryl methyl sites for hydroxylation is 1. The third kappa shape index (κ3) is 3.81. The Morgan fingerprint density at radius 2 is 2.12 bits per heavy atom. The van der Waals surface area contributed by atoms with Crippen LogP contribution in [-0.4, -0.2) is 23.3 Å². The number of hydrogen-bond donors (Lipinski definition) is 2. The third-order valence-electron chi connectivity index (χ3n) is 3.58. The molecule has 1 heterocycles. The van der Waals surface area contributed by atoms with Crippen molar-refractivity contribution in [3.8, 4) is 11.5 Å². The lowest BCUT2D eigenvalue weighted by Crippen LogP contribution is -2.19. The van der Waals surface area contributed by atoms with Gasteiger partial charge in [0.15, 0.2) is 16.7 Å². The van der Waals surface area contributed by atoms with Crippen molar-refractivity contribution < 1.29 is 14.6 Å². The van der Waals surface area contributed by atoms with E-state index in [1.807, 2.05) is 13.0 Å². The van der Waals surface area contributed by atoms with Crippen molar-refractivity contribution in [1.82, 2.24) is 5.32 Å². The van der Waals surface area contributed by atoms with Crippen molar-refractivity contribution in [2.24, 2.45) is 4.99 Å². The number of hydrogen-bond acceptors (Lipinski definition) is 5. The topological polar surface area (TPSA) is 70.9 Å². The van der Waals surface area contributed by atoms with Crippen molar-refractivity contribution in [3.05, 3.63) is 57.5 Å². The lowest BCUT2D eigenvalue weighted by Gasteiger charge is -2.05. The fourth-order valence-corrected chi connectivity index (χ4v) is 3.25. The van der Waals surface area contributed by atoms with Crippen molar-refractivity contribution in [3.63, 3.8) is 0 Å². The minimum atomic E-state index is -0.273. The Labute approximate surface area is 154 Å². The number of phenolic OH excluding ortho intramolecular Hbond substituents is 1. The Morgan fingerprint density at radius 1 is 1.32 bits per heavy atom. The number of carbonyl (C=O) groups is 1. The molecule has 0 saturated carbocycles. The Kier molecular flexibility index (Phi) is 5.01. The van der Waals surface area contributed by atoms with Crippen LogP contribution in [0.2, 0.25) is 5.02 Å². The molecule has 0 spiro atoms. The molecule has 0 atom stereocenters. The van der Waals surface area contributed by atoms with E-state index in [4.69, 9.17) is 16.3 Å². The minimum Gasteiger partial charge on any atom is -0.504 e. The number of methoxy groups -OCH3 is 1. The number of carbonyl (C=O) groups excluding carboxylic acids is 1. The van der Waals surface area contributed by atoms with Crippen LogP contribution in [0.15, 0.2) is 46.3 Å². The van der Waals surface area contributed by atoms with Crippen LogP contribution in [0.1, 0.15) is 11.1 Å². The lowest BCUT2D eigenvalue weighted by molar-refractivity contribution is -0.115. The molecule has 128 valence electrons. The maximum atomic E-state index is 12.2. The van der Waals surface area contributed by atoms with Gasteiger partial charge in [0.2, 0.25) is 0 Å². The van der Waals surface area contributed by atoms with Gasteiger partial charge < -0.3 is 15.2 Å². The number of ether oxygens (including phenoxy) is 1. The fraction of sp³-hybridized carbons (Fsp3) is 0.111. The molecule has 1 saturated heterocycles. The number of halogens is 1. The van der Waals surface area contributed by atoms with E-state index >= 15 is 0 Å². The van der Waals surface area contributed by atoms with E-state index in [9.17, 15) is 9.90 Å². The van der Waals surface area contributed by atoms with Crippen LogP contribution < -0.4 is 10.1 Å². The molecular weight excluding hydrogens is 360 g/mol. The Bertz CT molecular complexity index is 909. The van der Waals surface area contributed by atoms with Gasteiger partial charge in [-0.25, -0.2) is 4.99 Å². The van der Waals surface area contributed by atoms with Crippen molar-refractivity contribution in [1.29, 1.82) is 0 Å². The van der Waals surface area contributed by atoms with Crippen LogP contribution in [0.5, 0.6) is 11.5 Å². The molecule has 5 nitrogen and oxygen atoms in total. The van der Waals surface area contributed by atoms with Gasteiger partial charge in [0, 0.05) is 10.6 Å². The molecule has 0 bridgehead atoms. The molecule has 2 N–H and O–H groups in total. The molecule has 0 aromatic heterocycles. The summed E-state index contributed by atoms with van der Waals surface area (Å²) in [6.07, 6.45) is 1.60. The third-order valence-corrected chi connectivity index (χ3v) is 4.73. The minimum absolute atomic E-state index is 0.0121. The van der Waals surface area contributed by atoms with Crippen LogP contribution in [0.4, 0.5) is 5.69 Å². The maximum Gasteiger partial charge on any atom is 0.264 e. The zero-order valence-corrected chi connectivity index (χ0v) is 15.1. The van der Waals surface area contributed by atoms with Crippen molar-refractivity contribution >= 4 is 46.2 Å². The van der Waals surface area contributed by atoms with Crippen molar-refractivity contribution in [2.45, 2.75) is 6.92 Å². The Balaban J connectivity index is 1.90. The number of amidine groups is 1. The first kappa shape index (κ1) is 17.4. The number of thioether (sulfide) groups is 1. The summed E-state index contributed by atoms with van der Waals surface area (Å²) in [4.78, 5) is 17.1. The number of benzene rings is 2. The highest BCUT2D eigenvalue weighted by Crippen LogP contribution is 2.35. The van der Waals surface area contributed by atoms with Gasteiger partial charge >= 0.3 is 0 Å². The quantitative estimate of drug-likeness (QED) is 0.788.